The van der Waals surface area contributed by atoms with Gasteiger partial charge in [-0.25, -0.2) is 0 Å². The van der Waals surface area contributed by atoms with E-state index in [1.54, 1.807) is 17.1 Å². The Hall–Kier alpha value is -1.49. The summed E-state index contributed by atoms with van der Waals surface area (Å²) in [6.07, 6.45) is 8.81. The van der Waals surface area contributed by atoms with E-state index in [4.69, 9.17) is 10.8 Å². The number of carbonyl (C=O) groups is 1. The minimum absolute atomic E-state index is 0.147. The highest BCUT2D eigenvalue weighted by molar-refractivity contribution is 6.74. The molecule has 0 aliphatic carbocycles. The molecule has 1 atom stereocenters. The van der Waals surface area contributed by atoms with Gasteiger partial charge in [0.15, 0.2) is 8.32 Å². The van der Waals surface area contributed by atoms with Crippen LogP contribution in [-0.4, -0.2) is 38.3 Å². The molecule has 114 valence electrons. The van der Waals surface area contributed by atoms with Gasteiger partial charge in [0.05, 0.1) is 19.2 Å². The number of carbonyl (C=O) groups excluding carboxylic acids is 1. The number of rotatable bonds is 4. The van der Waals surface area contributed by atoms with Gasteiger partial charge in [-0.05, 0) is 30.3 Å². The van der Waals surface area contributed by atoms with Crippen molar-refractivity contribution in [2.24, 2.45) is 0 Å². The molecule has 21 heavy (non-hydrogen) atoms. The summed E-state index contributed by atoms with van der Waals surface area (Å²) < 4.78 is 6.18. The van der Waals surface area contributed by atoms with Gasteiger partial charge in [-0.3, -0.25) is 4.79 Å². The van der Waals surface area contributed by atoms with Gasteiger partial charge in [0.1, 0.15) is 0 Å². The number of amides is 1. The van der Waals surface area contributed by atoms with Crippen molar-refractivity contribution in [1.29, 1.82) is 0 Å². The first-order chi connectivity index (χ1) is 9.69. The highest BCUT2D eigenvalue weighted by Crippen LogP contribution is 2.37. The van der Waals surface area contributed by atoms with Crippen LogP contribution >= 0.6 is 0 Å². The molecule has 0 bridgehead atoms. The van der Waals surface area contributed by atoms with Gasteiger partial charge in [-0.2, -0.15) is 0 Å². The molecule has 0 radical (unpaired) electrons. The topological polar surface area (TPSA) is 29.5 Å². The third kappa shape index (κ3) is 4.77. The molecule has 1 saturated heterocycles. The van der Waals surface area contributed by atoms with Crippen molar-refractivity contribution in [3.8, 4) is 24.2 Å². The van der Waals surface area contributed by atoms with Gasteiger partial charge < -0.3 is 9.33 Å². The normalized spacial score (nSPS) is 19.0. The zero-order valence-corrected chi connectivity index (χ0v) is 14.7. The van der Waals surface area contributed by atoms with Crippen molar-refractivity contribution in [2.75, 3.05) is 13.2 Å². The maximum Gasteiger partial charge on any atom is 0.225 e. The average molecular weight is 303 g/mol. The molecule has 1 aliphatic heterocycles. The second-order valence-corrected chi connectivity index (χ2v) is 11.6. The zero-order chi connectivity index (χ0) is 16.1. The van der Waals surface area contributed by atoms with Crippen molar-refractivity contribution in [1.82, 2.24) is 4.90 Å². The Balaban J connectivity index is 2.50. The first-order valence-electron chi connectivity index (χ1n) is 7.22. The van der Waals surface area contributed by atoms with Gasteiger partial charge >= 0.3 is 0 Å². The van der Waals surface area contributed by atoms with E-state index in [0.717, 1.165) is 0 Å². The lowest BCUT2D eigenvalue weighted by atomic mass is 10.0. The van der Waals surface area contributed by atoms with Gasteiger partial charge in [-0.15, -0.1) is 6.42 Å². The van der Waals surface area contributed by atoms with Gasteiger partial charge in [0, 0.05) is 6.42 Å². The third-order valence-corrected chi connectivity index (χ3v) is 8.73. The van der Waals surface area contributed by atoms with Crippen LogP contribution in [0.1, 0.15) is 27.2 Å². The van der Waals surface area contributed by atoms with E-state index in [0.29, 0.717) is 19.6 Å². The summed E-state index contributed by atoms with van der Waals surface area (Å²) in [5.41, 5.74) is 0. The Morgan fingerprint density at radius 3 is 2.62 bits per heavy atom. The Bertz CT molecular complexity index is 512. The van der Waals surface area contributed by atoms with Crippen LogP contribution in [0.25, 0.3) is 0 Å². The molecule has 1 heterocycles. The van der Waals surface area contributed by atoms with Crippen molar-refractivity contribution < 1.29 is 9.22 Å². The van der Waals surface area contributed by atoms with Crippen LogP contribution in [0.5, 0.6) is 0 Å². The summed E-state index contributed by atoms with van der Waals surface area (Å²) in [6.45, 7) is 12.2. The van der Waals surface area contributed by atoms with Crippen LogP contribution in [0, 0.1) is 24.2 Å². The van der Waals surface area contributed by atoms with Crippen LogP contribution in [-0.2, 0) is 9.22 Å². The number of β-lactam (4-membered cyclic amide) rings is 1. The molecule has 0 saturated carbocycles. The molecule has 4 heteroatoms. The first kappa shape index (κ1) is 17.6. The van der Waals surface area contributed by atoms with E-state index in [-0.39, 0.29) is 17.0 Å². The average Bonchev–Trinajstić information content (AvgIpc) is 2.37. The number of hydrogen-bond donors (Lipinski definition) is 0. The molecule has 0 spiro atoms. The molecular weight excluding hydrogens is 278 g/mol. The highest BCUT2D eigenvalue weighted by atomic mass is 28.4. The van der Waals surface area contributed by atoms with Crippen molar-refractivity contribution in [3.05, 3.63) is 12.2 Å². The molecule has 0 aromatic heterocycles. The standard InChI is InChI=1S/C17H25NO2Si/c1-7-8-9-10-11-12-18-15(13-16(18)19)14-20-21(5,6)17(2,3)4/h1,8-9,15H,12-14H2,2-6H3/b9-8+. The van der Waals surface area contributed by atoms with E-state index < -0.39 is 8.32 Å². The van der Waals surface area contributed by atoms with Crippen LogP contribution < -0.4 is 0 Å². The quantitative estimate of drug-likeness (QED) is 0.454. The summed E-state index contributed by atoms with van der Waals surface area (Å²) in [6, 6.07) is 0.164. The summed E-state index contributed by atoms with van der Waals surface area (Å²) in [7, 11) is -1.76. The minimum Gasteiger partial charge on any atom is -0.415 e. The lowest BCUT2D eigenvalue weighted by Gasteiger charge is -2.43. The third-order valence-electron chi connectivity index (χ3n) is 4.23. The number of hydrogen-bond acceptors (Lipinski definition) is 2. The monoisotopic (exact) mass is 303 g/mol. The van der Waals surface area contributed by atoms with E-state index in [1.165, 1.54) is 0 Å². The highest BCUT2D eigenvalue weighted by Gasteiger charge is 2.41. The van der Waals surface area contributed by atoms with Crippen LogP contribution in [0.2, 0.25) is 18.1 Å². The molecule has 1 fully saturated rings. The number of likely N-dealkylation sites (tertiary alicyclic amines) is 1. The van der Waals surface area contributed by atoms with E-state index in [2.05, 4.69) is 51.6 Å². The molecule has 0 N–H and O–H groups in total. The lowest BCUT2D eigenvalue weighted by molar-refractivity contribution is -0.146. The number of allylic oxidation sites excluding steroid dienone is 2. The molecule has 1 aliphatic rings. The molecule has 1 unspecified atom stereocenters. The zero-order valence-electron chi connectivity index (χ0n) is 13.7. The molecule has 1 amide bonds. The van der Waals surface area contributed by atoms with E-state index in [9.17, 15) is 4.79 Å². The second kappa shape index (κ2) is 6.98. The predicted octanol–water partition coefficient (Wildman–Crippen LogP) is 2.80. The van der Waals surface area contributed by atoms with Crippen LogP contribution in [0.15, 0.2) is 12.2 Å². The van der Waals surface area contributed by atoms with Crippen LogP contribution in [0.4, 0.5) is 0 Å². The largest absolute Gasteiger partial charge is 0.415 e. The summed E-state index contributed by atoms with van der Waals surface area (Å²) in [5, 5.41) is 0.186. The van der Waals surface area contributed by atoms with Crippen molar-refractivity contribution in [3.63, 3.8) is 0 Å². The summed E-state index contributed by atoms with van der Waals surface area (Å²) in [5.74, 6) is 8.28. The van der Waals surface area contributed by atoms with E-state index in [1.807, 2.05) is 0 Å². The SMILES string of the molecule is C#C/C=C/C#CCN1C(=O)CC1CO[Si](C)(C)C(C)(C)C. The molecule has 0 aromatic rings. The van der Waals surface area contributed by atoms with Gasteiger partial charge in [0.25, 0.3) is 0 Å². The Morgan fingerprint density at radius 1 is 1.43 bits per heavy atom. The smallest absolute Gasteiger partial charge is 0.225 e. The maximum absolute atomic E-state index is 11.6. The number of nitrogens with zero attached hydrogens (tertiary/aromatic N) is 1. The molecular formula is C17H25NO2Si. The Morgan fingerprint density at radius 2 is 2.10 bits per heavy atom. The number of terminal acetylenes is 1. The molecule has 0 aromatic carbocycles. The van der Waals surface area contributed by atoms with Crippen LogP contribution in [0.3, 0.4) is 0 Å². The van der Waals surface area contributed by atoms with Crippen molar-refractivity contribution in [2.45, 2.75) is 51.4 Å². The molecule has 3 nitrogen and oxygen atoms in total. The predicted molar refractivity (Wildman–Crippen MR) is 89.0 cm³/mol. The van der Waals surface area contributed by atoms with Crippen molar-refractivity contribution >= 4 is 14.2 Å². The summed E-state index contributed by atoms with van der Waals surface area (Å²) in [4.78, 5) is 13.4. The van der Waals surface area contributed by atoms with E-state index >= 15 is 0 Å². The Labute approximate surface area is 129 Å². The second-order valence-electron chi connectivity index (χ2n) is 6.77. The summed E-state index contributed by atoms with van der Waals surface area (Å²) >= 11 is 0. The first-order valence-corrected chi connectivity index (χ1v) is 10.1. The van der Waals surface area contributed by atoms with Gasteiger partial charge in [-0.1, -0.05) is 38.5 Å². The minimum atomic E-state index is -1.76. The fourth-order valence-corrected chi connectivity index (χ4v) is 2.73. The van der Waals surface area contributed by atoms with Gasteiger partial charge in [0.2, 0.25) is 5.91 Å². The molecule has 1 rings (SSSR count). The fourth-order valence-electron chi connectivity index (χ4n) is 1.69. The lowest BCUT2D eigenvalue weighted by Crippen LogP contribution is -2.56. The Kier molecular flexibility index (Phi) is 5.84. The maximum atomic E-state index is 11.6. The fraction of sp³-hybridized carbons (Fsp3) is 0.588.